The fourth-order valence-corrected chi connectivity index (χ4v) is 1.72. The molecule has 1 saturated carbocycles. The van der Waals surface area contributed by atoms with Gasteiger partial charge in [-0.2, -0.15) is 0 Å². The Morgan fingerprint density at radius 2 is 2.12 bits per heavy atom. The average Bonchev–Trinajstić information content (AvgIpc) is 3.05. The van der Waals surface area contributed by atoms with Crippen molar-refractivity contribution in [2.24, 2.45) is 0 Å². The molecule has 0 atom stereocenters. The van der Waals surface area contributed by atoms with Crippen molar-refractivity contribution in [2.45, 2.75) is 31.3 Å². The van der Waals surface area contributed by atoms with Crippen LogP contribution < -0.4 is 9.47 Å². The molecule has 0 amide bonds. The Kier molecular flexibility index (Phi) is 3.01. The molecule has 88 valence electrons. The number of hydrogen-bond acceptors (Lipinski definition) is 4. The Morgan fingerprint density at radius 3 is 2.69 bits per heavy atom. The molecule has 0 aliphatic heterocycles. The van der Waals surface area contributed by atoms with Crippen LogP contribution in [0.15, 0.2) is 12.3 Å². The van der Waals surface area contributed by atoms with Crippen molar-refractivity contribution in [1.29, 1.82) is 0 Å². The van der Waals surface area contributed by atoms with E-state index in [1.807, 2.05) is 6.07 Å². The lowest BCUT2D eigenvalue weighted by atomic mass is 10.1. The highest BCUT2D eigenvalue weighted by atomic mass is 16.5. The second-order valence-corrected chi connectivity index (χ2v) is 4.26. The summed E-state index contributed by atoms with van der Waals surface area (Å²) < 4.78 is 10.3. The van der Waals surface area contributed by atoms with Crippen LogP contribution in [-0.4, -0.2) is 29.9 Å². The summed E-state index contributed by atoms with van der Waals surface area (Å²) in [5.41, 5.74) is 0.608. The average molecular weight is 223 g/mol. The Balaban J connectivity index is 2.09. The van der Waals surface area contributed by atoms with Crippen LogP contribution in [0.2, 0.25) is 0 Å². The van der Waals surface area contributed by atoms with Gasteiger partial charge in [-0.15, -0.1) is 0 Å². The highest BCUT2D eigenvalue weighted by Gasteiger charge is 2.39. The molecule has 4 heteroatoms. The molecule has 0 aromatic carbocycles. The van der Waals surface area contributed by atoms with Gasteiger partial charge in [-0.25, -0.2) is 4.98 Å². The van der Waals surface area contributed by atoms with Crippen LogP contribution in [0.25, 0.3) is 0 Å². The van der Waals surface area contributed by atoms with Gasteiger partial charge in [-0.05, 0) is 25.7 Å². The highest BCUT2D eigenvalue weighted by molar-refractivity contribution is 5.35. The van der Waals surface area contributed by atoms with E-state index in [0.29, 0.717) is 5.88 Å². The number of aromatic nitrogens is 1. The zero-order valence-corrected chi connectivity index (χ0v) is 9.69. The van der Waals surface area contributed by atoms with Crippen LogP contribution in [0.4, 0.5) is 0 Å². The molecular weight excluding hydrogens is 206 g/mol. The van der Waals surface area contributed by atoms with Gasteiger partial charge < -0.3 is 14.6 Å². The van der Waals surface area contributed by atoms with E-state index in [4.69, 9.17) is 9.47 Å². The van der Waals surface area contributed by atoms with Gasteiger partial charge in [0.2, 0.25) is 5.88 Å². The second-order valence-electron chi connectivity index (χ2n) is 4.26. The third-order valence-electron chi connectivity index (χ3n) is 3.04. The number of nitrogens with zero attached hydrogens (tertiary/aromatic N) is 1. The SMILES string of the molecule is COc1cc(CCC2(O)CC2)c(OC)cn1. The third-order valence-corrected chi connectivity index (χ3v) is 3.04. The van der Waals surface area contributed by atoms with Crippen molar-refractivity contribution in [3.63, 3.8) is 0 Å². The second kappa shape index (κ2) is 4.29. The molecular formula is C12H17NO3. The first-order valence-electron chi connectivity index (χ1n) is 5.46. The van der Waals surface area contributed by atoms with Crippen LogP contribution in [0, 0.1) is 0 Å². The monoisotopic (exact) mass is 223 g/mol. The molecule has 0 radical (unpaired) electrons. The van der Waals surface area contributed by atoms with E-state index in [1.165, 1.54) is 0 Å². The van der Waals surface area contributed by atoms with E-state index in [-0.39, 0.29) is 0 Å². The zero-order valence-electron chi connectivity index (χ0n) is 9.69. The first-order chi connectivity index (χ1) is 7.67. The first-order valence-corrected chi connectivity index (χ1v) is 5.46. The Hall–Kier alpha value is -1.29. The van der Waals surface area contributed by atoms with Crippen molar-refractivity contribution < 1.29 is 14.6 Å². The van der Waals surface area contributed by atoms with Gasteiger partial charge in [0, 0.05) is 11.6 Å². The maximum absolute atomic E-state index is 9.79. The minimum absolute atomic E-state index is 0.429. The predicted octanol–water partition coefficient (Wildman–Crippen LogP) is 1.56. The normalized spacial score (nSPS) is 16.9. The van der Waals surface area contributed by atoms with Gasteiger partial charge in [0.1, 0.15) is 5.75 Å². The van der Waals surface area contributed by atoms with Crippen LogP contribution in [0.3, 0.4) is 0 Å². The molecule has 1 N–H and O–H groups in total. The van der Waals surface area contributed by atoms with E-state index < -0.39 is 5.60 Å². The molecule has 0 unspecified atom stereocenters. The highest BCUT2D eigenvalue weighted by Crippen LogP contribution is 2.40. The lowest BCUT2D eigenvalue weighted by Crippen LogP contribution is -2.08. The minimum Gasteiger partial charge on any atom is -0.495 e. The van der Waals surface area contributed by atoms with E-state index in [2.05, 4.69) is 4.98 Å². The lowest BCUT2D eigenvalue weighted by Gasteiger charge is -2.11. The molecule has 1 fully saturated rings. The smallest absolute Gasteiger partial charge is 0.213 e. The molecule has 0 spiro atoms. The van der Waals surface area contributed by atoms with Crippen LogP contribution in [-0.2, 0) is 6.42 Å². The molecule has 1 aromatic heterocycles. The van der Waals surface area contributed by atoms with Gasteiger partial charge in [0.05, 0.1) is 26.0 Å². The van der Waals surface area contributed by atoms with E-state index in [0.717, 1.165) is 37.0 Å². The summed E-state index contributed by atoms with van der Waals surface area (Å²) in [6, 6.07) is 1.87. The van der Waals surface area contributed by atoms with Crippen molar-refractivity contribution in [3.8, 4) is 11.6 Å². The molecule has 4 nitrogen and oxygen atoms in total. The first kappa shape index (κ1) is 11.2. The number of hydrogen-bond donors (Lipinski definition) is 1. The summed E-state index contributed by atoms with van der Waals surface area (Å²) in [6.45, 7) is 0. The summed E-state index contributed by atoms with van der Waals surface area (Å²) in [6.07, 6.45) is 5.05. The standard InChI is InChI=1S/C12H17NO3/c1-15-10-8-13-11(16-2)7-9(10)3-4-12(14)5-6-12/h7-8,14H,3-6H2,1-2H3. The van der Waals surface area contributed by atoms with Gasteiger partial charge in [0.15, 0.2) is 0 Å². The van der Waals surface area contributed by atoms with Gasteiger partial charge in [-0.1, -0.05) is 0 Å². The maximum Gasteiger partial charge on any atom is 0.213 e. The number of aliphatic hydroxyl groups is 1. The van der Waals surface area contributed by atoms with E-state index in [1.54, 1.807) is 20.4 Å². The third kappa shape index (κ3) is 2.44. The van der Waals surface area contributed by atoms with Crippen LogP contribution in [0.5, 0.6) is 11.6 Å². The Labute approximate surface area is 95.2 Å². The maximum atomic E-state index is 9.79. The minimum atomic E-state index is -0.429. The molecule has 2 rings (SSSR count). The van der Waals surface area contributed by atoms with E-state index >= 15 is 0 Å². The van der Waals surface area contributed by atoms with Crippen molar-refractivity contribution in [3.05, 3.63) is 17.8 Å². The van der Waals surface area contributed by atoms with Gasteiger partial charge >= 0.3 is 0 Å². The number of aryl methyl sites for hydroxylation is 1. The molecule has 1 aliphatic carbocycles. The molecule has 1 heterocycles. The molecule has 1 aromatic rings. The van der Waals surface area contributed by atoms with Crippen molar-refractivity contribution in [1.82, 2.24) is 4.98 Å². The number of ether oxygens (including phenoxy) is 2. The lowest BCUT2D eigenvalue weighted by molar-refractivity contribution is 0.140. The Morgan fingerprint density at radius 1 is 1.38 bits per heavy atom. The quantitative estimate of drug-likeness (QED) is 0.823. The number of rotatable bonds is 5. The fourth-order valence-electron chi connectivity index (χ4n) is 1.72. The molecule has 0 saturated heterocycles. The fraction of sp³-hybridized carbons (Fsp3) is 0.583. The molecule has 0 bridgehead atoms. The van der Waals surface area contributed by atoms with Gasteiger partial charge in [-0.3, -0.25) is 0 Å². The molecule has 16 heavy (non-hydrogen) atoms. The summed E-state index contributed by atoms with van der Waals surface area (Å²) in [4.78, 5) is 4.08. The summed E-state index contributed by atoms with van der Waals surface area (Å²) >= 11 is 0. The molecule has 1 aliphatic rings. The summed E-state index contributed by atoms with van der Waals surface area (Å²) in [5, 5.41) is 9.79. The zero-order chi connectivity index (χ0) is 11.6. The van der Waals surface area contributed by atoms with Crippen LogP contribution >= 0.6 is 0 Å². The van der Waals surface area contributed by atoms with Gasteiger partial charge in [0.25, 0.3) is 0 Å². The topological polar surface area (TPSA) is 51.6 Å². The van der Waals surface area contributed by atoms with Crippen molar-refractivity contribution in [2.75, 3.05) is 14.2 Å². The predicted molar refractivity (Wildman–Crippen MR) is 59.8 cm³/mol. The Bertz CT molecular complexity index is 375. The van der Waals surface area contributed by atoms with Crippen LogP contribution in [0.1, 0.15) is 24.8 Å². The van der Waals surface area contributed by atoms with Crippen molar-refractivity contribution >= 4 is 0 Å². The summed E-state index contributed by atoms with van der Waals surface area (Å²) in [7, 11) is 3.21. The largest absolute Gasteiger partial charge is 0.495 e. The number of pyridine rings is 1. The number of methoxy groups -OCH3 is 2. The summed E-state index contributed by atoms with van der Waals surface area (Å²) in [5.74, 6) is 1.34. The van der Waals surface area contributed by atoms with E-state index in [9.17, 15) is 5.11 Å².